The first-order chi connectivity index (χ1) is 15.5. The number of pyridine rings is 1. The van der Waals surface area contributed by atoms with Crippen LogP contribution in [0.4, 0.5) is 0 Å². The molecule has 8 heteroatoms. The molecule has 0 fully saturated rings. The van der Waals surface area contributed by atoms with Crippen molar-refractivity contribution < 1.29 is 5.11 Å². The van der Waals surface area contributed by atoms with E-state index in [9.17, 15) is 5.11 Å². The maximum absolute atomic E-state index is 12.0. The van der Waals surface area contributed by atoms with Gasteiger partial charge < -0.3 is 9.67 Å². The predicted molar refractivity (Wildman–Crippen MR) is 125 cm³/mol. The van der Waals surface area contributed by atoms with E-state index in [1.807, 2.05) is 43.4 Å². The third-order valence-corrected chi connectivity index (χ3v) is 6.14. The Balaban J connectivity index is 1.79. The summed E-state index contributed by atoms with van der Waals surface area (Å²) in [4.78, 5) is 17.3. The van der Waals surface area contributed by atoms with Crippen molar-refractivity contribution in [3.63, 3.8) is 0 Å². The molecule has 0 aliphatic rings. The molecule has 5 rings (SSSR count). The highest BCUT2D eigenvalue weighted by Gasteiger charge is 2.38. The van der Waals surface area contributed by atoms with E-state index in [1.165, 1.54) is 6.20 Å². The Morgan fingerprint density at radius 1 is 0.969 bits per heavy atom. The molecule has 1 unspecified atom stereocenters. The van der Waals surface area contributed by atoms with Gasteiger partial charge in [-0.15, -0.1) is 0 Å². The van der Waals surface area contributed by atoms with Gasteiger partial charge in [-0.25, -0.2) is 9.97 Å². The summed E-state index contributed by atoms with van der Waals surface area (Å²) in [5.41, 5.74) is 1.97. The fourth-order valence-corrected chi connectivity index (χ4v) is 4.58. The van der Waals surface area contributed by atoms with Crippen molar-refractivity contribution in [2.75, 3.05) is 0 Å². The summed E-state index contributed by atoms with van der Waals surface area (Å²) < 4.78 is 1.75. The van der Waals surface area contributed by atoms with Crippen molar-refractivity contribution in [2.45, 2.75) is 5.60 Å². The minimum absolute atomic E-state index is 0.317. The fourth-order valence-electron chi connectivity index (χ4n) is 3.89. The van der Waals surface area contributed by atoms with Crippen molar-refractivity contribution in [3.05, 3.63) is 107 Å². The maximum Gasteiger partial charge on any atom is 0.175 e. The van der Waals surface area contributed by atoms with E-state index in [2.05, 4.69) is 19.9 Å². The first kappa shape index (κ1) is 20.6. The van der Waals surface area contributed by atoms with Gasteiger partial charge in [0.15, 0.2) is 5.60 Å². The van der Waals surface area contributed by atoms with Crippen LogP contribution in [0.3, 0.4) is 0 Å². The number of halogens is 2. The molecule has 1 atom stereocenters. The van der Waals surface area contributed by atoms with Gasteiger partial charge >= 0.3 is 0 Å². The highest BCUT2D eigenvalue weighted by Crippen LogP contribution is 2.41. The zero-order valence-corrected chi connectivity index (χ0v) is 18.5. The molecule has 0 aliphatic carbocycles. The van der Waals surface area contributed by atoms with E-state index in [4.69, 9.17) is 23.2 Å². The Bertz CT molecular complexity index is 1420. The fraction of sp³-hybridized carbons (Fsp3) is 0.0833. The monoisotopic (exact) mass is 461 g/mol. The summed E-state index contributed by atoms with van der Waals surface area (Å²) in [6.07, 6.45) is 7.87. The van der Waals surface area contributed by atoms with Crippen LogP contribution in [0.15, 0.2) is 79.6 Å². The molecule has 5 aromatic rings. The number of hydrogen-bond acceptors (Lipinski definition) is 5. The number of aryl methyl sites for hydroxylation is 1. The second-order valence-corrected chi connectivity index (χ2v) is 8.12. The summed E-state index contributed by atoms with van der Waals surface area (Å²) in [5, 5.41) is 13.5. The van der Waals surface area contributed by atoms with Crippen molar-refractivity contribution >= 4 is 34.1 Å². The first-order valence-corrected chi connectivity index (χ1v) is 10.6. The van der Waals surface area contributed by atoms with Crippen LogP contribution >= 0.6 is 23.2 Å². The summed E-state index contributed by atoms with van der Waals surface area (Å²) in [7, 11) is 1.81. The Kier molecular flexibility index (Phi) is 5.13. The van der Waals surface area contributed by atoms with Crippen LogP contribution in [0.5, 0.6) is 0 Å². The lowest BCUT2D eigenvalue weighted by Crippen LogP contribution is -2.32. The molecule has 3 aromatic heterocycles. The van der Waals surface area contributed by atoms with E-state index < -0.39 is 5.60 Å². The van der Waals surface area contributed by atoms with E-state index in [0.717, 1.165) is 5.56 Å². The van der Waals surface area contributed by atoms with Gasteiger partial charge in [-0.05, 0) is 23.3 Å². The summed E-state index contributed by atoms with van der Waals surface area (Å²) in [6.45, 7) is 0. The number of imidazole rings is 1. The molecule has 0 aliphatic heterocycles. The molecule has 0 saturated carbocycles. The molecular weight excluding hydrogens is 445 g/mol. The summed E-state index contributed by atoms with van der Waals surface area (Å²) >= 11 is 13.3. The van der Waals surface area contributed by atoms with E-state index >= 15 is 0 Å². The number of hydrogen-bond donors (Lipinski definition) is 1. The minimum Gasteiger partial charge on any atom is -0.373 e. The molecule has 1 N–H and O–H groups in total. The van der Waals surface area contributed by atoms with Gasteiger partial charge in [0, 0.05) is 30.4 Å². The number of nitrogens with zero attached hydrogens (tertiary/aromatic N) is 5. The lowest BCUT2D eigenvalue weighted by atomic mass is 9.86. The lowest BCUT2D eigenvalue weighted by Gasteiger charge is -2.28. The quantitative estimate of drug-likeness (QED) is 0.380. The number of benzene rings is 2. The second kappa shape index (κ2) is 7.98. The molecule has 32 heavy (non-hydrogen) atoms. The van der Waals surface area contributed by atoms with Gasteiger partial charge in [-0.2, -0.15) is 0 Å². The van der Waals surface area contributed by atoms with Gasteiger partial charge in [0.1, 0.15) is 10.8 Å². The molecule has 0 spiro atoms. The Morgan fingerprint density at radius 3 is 2.47 bits per heavy atom. The molecule has 6 nitrogen and oxygen atoms in total. The lowest BCUT2D eigenvalue weighted by molar-refractivity contribution is 0.112. The van der Waals surface area contributed by atoms with Crippen LogP contribution in [-0.2, 0) is 12.6 Å². The van der Waals surface area contributed by atoms with Crippen molar-refractivity contribution in [3.8, 4) is 11.1 Å². The molecular formula is C24H17Cl2N5O. The van der Waals surface area contributed by atoms with E-state index in [-0.39, 0.29) is 0 Å². The third-order valence-electron chi connectivity index (χ3n) is 5.48. The van der Waals surface area contributed by atoms with Gasteiger partial charge in [0.05, 0.1) is 35.0 Å². The molecule has 158 valence electrons. The second-order valence-electron chi connectivity index (χ2n) is 7.38. The highest BCUT2D eigenvalue weighted by atomic mass is 35.5. The van der Waals surface area contributed by atoms with Crippen LogP contribution in [0.1, 0.15) is 17.0 Å². The number of rotatable bonds is 4. The molecule has 0 saturated heterocycles. The average molecular weight is 462 g/mol. The van der Waals surface area contributed by atoms with Gasteiger partial charge in [-0.1, -0.05) is 59.6 Å². The Hall–Kier alpha value is -3.32. The average Bonchev–Trinajstić information content (AvgIpc) is 3.26. The maximum atomic E-state index is 12.0. The SMILES string of the molecule is Cn1cncc1C(O)(c1ccc2nc(Cl)c(-c3ccccc3)c(Cl)c2c1)c1cnccn1. The predicted octanol–water partition coefficient (Wildman–Crippen LogP) is 5.02. The van der Waals surface area contributed by atoms with Crippen LogP contribution in [-0.4, -0.2) is 29.6 Å². The zero-order valence-electron chi connectivity index (χ0n) is 16.9. The molecule has 0 amide bonds. The highest BCUT2D eigenvalue weighted by molar-refractivity contribution is 6.42. The van der Waals surface area contributed by atoms with Crippen LogP contribution < -0.4 is 0 Å². The number of aliphatic hydroxyl groups is 1. The van der Waals surface area contributed by atoms with Crippen molar-refractivity contribution in [1.82, 2.24) is 24.5 Å². The van der Waals surface area contributed by atoms with E-state index in [0.29, 0.717) is 43.6 Å². The molecule has 0 bridgehead atoms. The van der Waals surface area contributed by atoms with Crippen molar-refractivity contribution in [1.29, 1.82) is 0 Å². The van der Waals surface area contributed by atoms with Crippen LogP contribution in [0.2, 0.25) is 10.2 Å². The summed E-state index contributed by atoms with van der Waals surface area (Å²) in [5.74, 6) is 0. The Labute approximate surface area is 194 Å². The minimum atomic E-state index is -1.61. The van der Waals surface area contributed by atoms with Gasteiger partial charge in [-0.3, -0.25) is 9.97 Å². The van der Waals surface area contributed by atoms with Crippen LogP contribution in [0, 0.1) is 0 Å². The zero-order chi connectivity index (χ0) is 22.3. The summed E-state index contributed by atoms with van der Waals surface area (Å²) in [6, 6.07) is 15.0. The molecule has 0 radical (unpaired) electrons. The van der Waals surface area contributed by atoms with E-state index in [1.54, 1.807) is 41.6 Å². The molecule has 2 aromatic carbocycles. The largest absolute Gasteiger partial charge is 0.373 e. The van der Waals surface area contributed by atoms with Crippen molar-refractivity contribution in [2.24, 2.45) is 7.05 Å². The standard InChI is InChI=1S/C24H17Cl2N5O/c1-31-14-28-13-20(31)24(32,19-12-27-9-10-29-19)16-7-8-18-17(11-16)22(25)21(23(26)30-18)15-5-3-2-4-6-15/h2-14,32H,1H3. The topological polar surface area (TPSA) is 76.7 Å². The van der Waals surface area contributed by atoms with Gasteiger partial charge in [0.25, 0.3) is 0 Å². The normalized spacial score (nSPS) is 13.2. The Morgan fingerprint density at radius 2 is 1.78 bits per heavy atom. The molecule has 3 heterocycles. The number of aromatic nitrogens is 5. The third kappa shape index (κ3) is 3.24. The number of fused-ring (bicyclic) bond motifs is 1. The van der Waals surface area contributed by atoms with Gasteiger partial charge in [0.2, 0.25) is 0 Å². The van der Waals surface area contributed by atoms with Crippen LogP contribution in [0.25, 0.3) is 22.0 Å². The first-order valence-electron chi connectivity index (χ1n) is 9.80. The smallest absolute Gasteiger partial charge is 0.175 e.